The summed E-state index contributed by atoms with van der Waals surface area (Å²) in [5, 5.41) is 3.57. The van der Waals surface area contributed by atoms with Crippen molar-refractivity contribution >= 4 is 0 Å². The summed E-state index contributed by atoms with van der Waals surface area (Å²) in [7, 11) is 0. The highest BCUT2D eigenvalue weighted by Crippen LogP contribution is 2.20. The fourth-order valence-electron chi connectivity index (χ4n) is 2.81. The molecule has 0 saturated heterocycles. The molecule has 0 saturated carbocycles. The topological polar surface area (TPSA) is 15.3 Å². The van der Waals surface area contributed by atoms with Gasteiger partial charge in [0.15, 0.2) is 0 Å². The predicted octanol–water partition coefficient (Wildman–Crippen LogP) is 2.82. The van der Waals surface area contributed by atoms with Crippen molar-refractivity contribution in [3.05, 3.63) is 35.4 Å². The van der Waals surface area contributed by atoms with Crippen molar-refractivity contribution in [1.29, 1.82) is 0 Å². The highest BCUT2D eigenvalue weighted by molar-refractivity contribution is 5.29. The lowest BCUT2D eigenvalue weighted by Crippen LogP contribution is -2.44. The Kier molecular flexibility index (Phi) is 5.21. The largest absolute Gasteiger partial charge is 0.315 e. The van der Waals surface area contributed by atoms with Crippen molar-refractivity contribution in [2.24, 2.45) is 0 Å². The van der Waals surface area contributed by atoms with E-state index in [2.05, 4.69) is 48.3 Å². The van der Waals surface area contributed by atoms with Crippen molar-refractivity contribution in [1.82, 2.24) is 10.2 Å². The third-order valence-corrected chi connectivity index (χ3v) is 3.95. The fourth-order valence-corrected chi connectivity index (χ4v) is 2.81. The quantitative estimate of drug-likeness (QED) is 0.777. The molecule has 1 aliphatic heterocycles. The smallest absolute Gasteiger partial charge is 0.0240 e. The van der Waals surface area contributed by atoms with Crippen LogP contribution < -0.4 is 5.32 Å². The fraction of sp³-hybridized carbons (Fsp3) is 0.625. The number of fused-ring (bicyclic) bond motifs is 1. The van der Waals surface area contributed by atoms with Gasteiger partial charge in [0, 0.05) is 25.7 Å². The number of benzene rings is 1. The molecular formula is C16H26N2. The number of nitrogens with zero attached hydrogens (tertiary/aromatic N) is 1. The molecule has 100 valence electrons. The van der Waals surface area contributed by atoms with Gasteiger partial charge in [0.25, 0.3) is 0 Å². The van der Waals surface area contributed by atoms with Gasteiger partial charge in [0.1, 0.15) is 0 Å². The van der Waals surface area contributed by atoms with Crippen LogP contribution in [-0.2, 0) is 13.0 Å². The second kappa shape index (κ2) is 6.91. The van der Waals surface area contributed by atoms with E-state index in [0.717, 1.165) is 19.6 Å². The van der Waals surface area contributed by atoms with Crippen molar-refractivity contribution in [3.8, 4) is 0 Å². The Morgan fingerprint density at radius 2 is 2.00 bits per heavy atom. The Labute approximate surface area is 111 Å². The van der Waals surface area contributed by atoms with Gasteiger partial charge in [-0.05, 0) is 36.9 Å². The van der Waals surface area contributed by atoms with Gasteiger partial charge >= 0.3 is 0 Å². The molecule has 1 aliphatic rings. The number of hydrogen-bond acceptors (Lipinski definition) is 2. The molecule has 0 spiro atoms. The van der Waals surface area contributed by atoms with E-state index in [9.17, 15) is 0 Å². The van der Waals surface area contributed by atoms with Gasteiger partial charge in [-0.2, -0.15) is 0 Å². The predicted molar refractivity (Wildman–Crippen MR) is 77.8 cm³/mol. The molecule has 2 rings (SSSR count). The van der Waals surface area contributed by atoms with E-state index in [1.54, 1.807) is 5.56 Å². The first-order valence-electron chi connectivity index (χ1n) is 7.36. The van der Waals surface area contributed by atoms with Crippen LogP contribution in [0.15, 0.2) is 24.3 Å². The average molecular weight is 246 g/mol. The highest BCUT2D eigenvalue weighted by Gasteiger charge is 2.21. The highest BCUT2D eigenvalue weighted by atomic mass is 15.2. The zero-order valence-electron chi connectivity index (χ0n) is 11.8. The molecule has 1 unspecified atom stereocenters. The lowest BCUT2D eigenvalue weighted by molar-refractivity contribution is 0.170. The number of rotatable bonds is 6. The maximum absolute atomic E-state index is 3.57. The maximum Gasteiger partial charge on any atom is 0.0240 e. The summed E-state index contributed by atoms with van der Waals surface area (Å²) in [5.41, 5.74) is 3.07. The van der Waals surface area contributed by atoms with Crippen LogP contribution in [0.3, 0.4) is 0 Å². The lowest BCUT2D eigenvalue weighted by atomic mass is 9.98. The first kappa shape index (κ1) is 13.6. The molecule has 1 aromatic rings. The average Bonchev–Trinajstić information content (AvgIpc) is 2.43. The van der Waals surface area contributed by atoms with Gasteiger partial charge in [-0.25, -0.2) is 0 Å². The van der Waals surface area contributed by atoms with Crippen LogP contribution in [0.4, 0.5) is 0 Å². The number of nitrogens with one attached hydrogen (secondary N) is 1. The minimum Gasteiger partial charge on any atom is -0.315 e. The molecule has 0 radical (unpaired) electrons. The molecule has 0 fully saturated rings. The molecule has 1 heterocycles. The van der Waals surface area contributed by atoms with Crippen LogP contribution in [-0.4, -0.2) is 30.6 Å². The third-order valence-electron chi connectivity index (χ3n) is 3.95. The van der Waals surface area contributed by atoms with E-state index in [0.29, 0.717) is 6.04 Å². The van der Waals surface area contributed by atoms with Crippen molar-refractivity contribution in [2.45, 2.75) is 45.7 Å². The Balaban J connectivity index is 1.93. The first-order chi connectivity index (χ1) is 8.85. The zero-order valence-corrected chi connectivity index (χ0v) is 11.8. The van der Waals surface area contributed by atoms with E-state index in [4.69, 9.17) is 0 Å². The van der Waals surface area contributed by atoms with Crippen molar-refractivity contribution in [3.63, 3.8) is 0 Å². The summed E-state index contributed by atoms with van der Waals surface area (Å²) in [4.78, 5) is 2.64. The molecule has 18 heavy (non-hydrogen) atoms. The minimum absolute atomic E-state index is 0.685. The Morgan fingerprint density at radius 3 is 2.72 bits per heavy atom. The Hall–Kier alpha value is -0.860. The van der Waals surface area contributed by atoms with Crippen LogP contribution in [0.1, 0.15) is 37.8 Å². The SMILES string of the molecule is CCCNCC(CC)N1CCc2ccccc2C1. The standard InChI is InChI=1S/C16H26N2/c1-3-10-17-12-16(4-2)18-11-9-14-7-5-6-8-15(14)13-18/h5-8,16-17H,3-4,9-13H2,1-2H3. The molecule has 0 aromatic heterocycles. The summed E-state index contributed by atoms with van der Waals surface area (Å²) in [6.07, 6.45) is 3.67. The van der Waals surface area contributed by atoms with Gasteiger partial charge < -0.3 is 5.32 Å². The van der Waals surface area contributed by atoms with Gasteiger partial charge in [-0.3, -0.25) is 4.90 Å². The van der Waals surface area contributed by atoms with Crippen LogP contribution in [0.5, 0.6) is 0 Å². The molecule has 1 atom stereocenters. The summed E-state index contributed by atoms with van der Waals surface area (Å²) in [6, 6.07) is 9.58. The second-order valence-electron chi connectivity index (χ2n) is 5.26. The summed E-state index contributed by atoms with van der Waals surface area (Å²) < 4.78 is 0. The van der Waals surface area contributed by atoms with Gasteiger partial charge in [0.05, 0.1) is 0 Å². The van der Waals surface area contributed by atoms with E-state index < -0.39 is 0 Å². The van der Waals surface area contributed by atoms with Crippen LogP contribution in [0, 0.1) is 0 Å². The monoisotopic (exact) mass is 246 g/mol. The normalized spacial score (nSPS) is 17.4. The molecule has 1 N–H and O–H groups in total. The van der Waals surface area contributed by atoms with Gasteiger partial charge in [0.2, 0.25) is 0 Å². The molecule has 0 aliphatic carbocycles. The summed E-state index contributed by atoms with van der Waals surface area (Å²) >= 11 is 0. The second-order valence-corrected chi connectivity index (χ2v) is 5.26. The summed E-state index contributed by atoms with van der Waals surface area (Å²) in [5.74, 6) is 0. The molecule has 0 bridgehead atoms. The number of hydrogen-bond donors (Lipinski definition) is 1. The third kappa shape index (κ3) is 3.33. The molecular weight excluding hydrogens is 220 g/mol. The van der Waals surface area contributed by atoms with Gasteiger partial charge in [-0.15, -0.1) is 0 Å². The van der Waals surface area contributed by atoms with E-state index in [1.807, 2.05) is 0 Å². The van der Waals surface area contributed by atoms with Crippen molar-refractivity contribution in [2.75, 3.05) is 19.6 Å². The van der Waals surface area contributed by atoms with Crippen LogP contribution in [0.25, 0.3) is 0 Å². The first-order valence-corrected chi connectivity index (χ1v) is 7.36. The van der Waals surface area contributed by atoms with Crippen LogP contribution in [0.2, 0.25) is 0 Å². The lowest BCUT2D eigenvalue weighted by Gasteiger charge is -2.35. The van der Waals surface area contributed by atoms with E-state index in [1.165, 1.54) is 31.4 Å². The summed E-state index contributed by atoms with van der Waals surface area (Å²) in [6.45, 7) is 9.14. The molecule has 0 amide bonds. The minimum atomic E-state index is 0.685. The van der Waals surface area contributed by atoms with E-state index >= 15 is 0 Å². The molecule has 1 aromatic carbocycles. The van der Waals surface area contributed by atoms with Gasteiger partial charge in [-0.1, -0.05) is 38.1 Å². The van der Waals surface area contributed by atoms with Crippen LogP contribution >= 0.6 is 0 Å². The molecule has 2 heteroatoms. The van der Waals surface area contributed by atoms with E-state index in [-0.39, 0.29) is 0 Å². The zero-order chi connectivity index (χ0) is 12.8. The Morgan fingerprint density at radius 1 is 1.22 bits per heavy atom. The Bertz CT molecular complexity index is 362. The van der Waals surface area contributed by atoms with Crippen molar-refractivity contribution < 1.29 is 0 Å². The molecule has 2 nitrogen and oxygen atoms in total. The maximum atomic E-state index is 3.57.